The number of benzene rings is 1. The molecule has 0 spiro atoms. The van der Waals surface area contributed by atoms with Crippen LogP contribution in [0.3, 0.4) is 0 Å². The summed E-state index contributed by atoms with van der Waals surface area (Å²) in [6, 6.07) is 11.7. The molecule has 2 aromatic rings. The highest BCUT2D eigenvalue weighted by Gasteiger charge is 2.08. The van der Waals surface area contributed by atoms with Crippen LogP contribution in [-0.4, -0.2) is 16.5 Å². The number of hydrogen-bond acceptors (Lipinski definition) is 5. The highest BCUT2D eigenvalue weighted by atomic mass is 15.2. The summed E-state index contributed by atoms with van der Waals surface area (Å²) in [5.41, 5.74) is 1.06. The molecular weight excluding hydrogens is 226 g/mol. The van der Waals surface area contributed by atoms with Crippen LogP contribution in [0.4, 0.5) is 17.3 Å². The number of rotatable bonds is 4. The first-order valence-electron chi connectivity index (χ1n) is 5.65. The molecule has 0 aliphatic carbocycles. The summed E-state index contributed by atoms with van der Waals surface area (Å²) in [5.74, 6) is 1.26. The molecule has 18 heavy (non-hydrogen) atoms. The third-order valence-corrected chi connectivity index (χ3v) is 2.50. The molecule has 2 rings (SSSR count). The fraction of sp³-hybridized carbons (Fsp3) is 0.154. The Kier molecular flexibility index (Phi) is 3.72. The summed E-state index contributed by atoms with van der Waals surface area (Å²) in [4.78, 5) is 10.2. The van der Waals surface area contributed by atoms with E-state index >= 15 is 0 Å². The van der Waals surface area contributed by atoms with Gasteiger partial charge in [0.1, 0.15) is 18.0 Å². The predicted octanol–water partition coefficient (Wildman–Crippen LogP) is 2.53. The first kappa shape index (κ1) is 11.9. The van der Waals surface area contributed by atoms with Crippen LogP contribution in [0.25, 0.3) is 0 Å². The minimum atomic E-state index is 0.497. The largest absolute Gasteiger partial charge is 0.327 e. The van der Waals surface area contributed by atoms with Gasteiger partial charge >= 0.3 is 0 Å². The molecule has 0 bridgehead atoms. The van der Waals surface area contributed by atoms with Crippen molar-refractivity contribution in [1.82, 2.24) is 9.97 Å². The number of para-hydroxylation sites is 1. The number of nitriles is 1. The van der Waals surface area contributed by atoms with Crippen LogP contribution in [0.5, 0.6) is 0 Å². The Morgan fingerprint density at radius 3 is 2.72 bits per heavy atom. The van der Waals surface area contributed by atoms with E-state index in [4.69, 9.17) is 5.26 Å². The van der Waals surface area contributed by atoms with E-state index in [2.05, 4.69) is 15.3 Å². The fourth-order valence-electron chi connectivity index (χ4n) is 1.71. The van der Waals surface area contributed by atoms with E-state index in [0.717, 1.165) is 18.1 Å². The highest BCUT2D eigenvalue weighted by molar-refractivity contribution is 5.62. The van der Waals surface area contributed by atoms with Crippen molar-refractivity contribution >= 4 is 17.3 Å². The summed E-state index contributed by atoms with van der Waals surface area (Å²) in [6.45, 7) is 2.83. The number of nitrogens with one attached hydrogen (secondary N) is 1. The Balaban J connectivity index is 2.34. The second-order valence-corrected chi connectivity index (χ2v) is 3.58. The lowest BCUT2D eigenvalue weighted by molar-refractivity contribution is 0.977. The first-order valence-corrected chi connectivity index (χ1v) is 5.65. The van der Waals surface area contributed by atoms with E-state index in [9.17, 15) is 0 Å². The van der Waals surface area contributed by atoms with Crippen molar-refractivity contribution in [3.8, 4) is 6.19 Å². The van der Waals surface area contributed by atoms with E-state index < -0.39 is 0 Å². The number of aromatic nitrogens is 2. The maximum atomic E-state index is 8.59. The van der Waals surface area contributed by atoms with Gasteiger partial charge in [-0.2, -0.15) is 5.26 Å². The first-order chi connectivity index (χ1) is 8.85. The van der Waals surface area contributed by atoms with Crippen molar-refractivity contribution in [2.45, 2.75) is 6.92 Å². The molecule has 1 aromatic carbocycles. The van der Waals surface area contributed by atoms with Crippen molar-refractivity contribution < 1.29 is 0 Å². The van der Waals surface area contributed by atoms with Gasteiger partial charge in [0.25, 0.3) is 0 Å². The van der Waals surface area contributed by atoms with Gasteiger partial charge in [0.15, 0.2) is 6.19 Å². The molecule has 0 aliphatic heterocycles. The highest BCUT2D eigenvalue weighted by Crippen LogP contribution is 2.23. The molecule has 0 saturated heterocycles. The smallest absolute Gasteiger partial charge is 0.182 e. The Morgan fingerprint density at radius 1 is 1.28 bits per heavy atom. The molecule has 0 saturated carbocycles. The van der Waals surface area contributed by atoms with Crippen LogP contribution < -0.4 is 10.2 Å². The van der Waals surface area contributed by atoms with E-state index in [-0.39, 0.29) is 0 Å². The summed E-state index contributed by atoms with van der Waals surface area (Å²) in [5, 5.41) is 11.1. The van der Waals surface area contributed by atoms with Crippen molar-refractivity contribution in [2.24, 2.45) is 0 Å². The second kappa shape index (κ2) is 5.64. The molecular formula is C13H13N5. The topological polar surface area (TPSA) is 64.8 Å². The molecule has 90 valence electrons. The second-order valence-electron chi connectivity index (χ2n) is 3.58. The fourth-order valence-corrected chi connectivity index (χ4v) is 1.71. The zero-order chi connectivity index (χ0) is 12.8. The standard InChI is InChI=1S/C13H13N5/c1-2-18(11-6-4-3-5-7-11)13-8-12(15-9-14)16-10-17-13/h3-8,10H,2H2,1H3,(H,15,16,17). The Hall–Kier alpha value is -2.61. The molecule has 5 nitrogen and oxygen atoms in total. The van der Waals surface area contributed by atoms with Gasteiger partial charge in [0.2, 0.25) is 0 Å². The maximum Gasteiger partial charge on any atom is 0.182 e. The molecule has 0 radical (unpaired) electrons. The van der Waals surface area contributed by atoms with Gasteiger partial charge in [-0.15, -0.1) is 0 Å². The molecule has 0 atom stereocenters. The van der Waals surface area contributed by atoms with Gasteiger partial charge in [-0.3, -0.25) is 5.32 Å². The van der Waals surface area contributed by atoms with Crippen molar-refractivity contribution in [3.05, 3.63) is 42.7 Å². The monoisotopic (exact) mass is 239 g/mol. The van der Waals surface area contributed by atoms with Crippen LogP contribution in [0.1, 0.15) is 6.92 Å². The Morgan fingerprint density at radius 2 is 2.06 bits per heavy atom. The minimum absolute atomic E-state index is 0.497. The molecule has 1 N–H and O–H groups in total. The maximum absolute atomic E-state index is 8.59. The Labute approximate surface area is 106 Å². The van der Waals surface area contributed by atoms with E-state index in [1.807, 2.05) is 48.3 Å². The minimum Gasteiger partial charge on any atom is -0.327 e. The van der Waals surface area contributed by atoms with Crippen molar-refractivity contribution in [1.29, 1.82) is 5.26 Å². The lowest BCUT2D eigenvalue weighted by Gasteiger charge is -2.21. The zero-order valence-electron chi connectivity index (χ0n) is 10.0. The molecule has 1 heterocycles. The van der Waals surface area contributed by atoms with Crippen molar-refractivity contribution in [3.63, 3.8) is 0 Å². The zero-order valence-corrected chi connectivity index (χ0v) is 10.0. The lowest BCUT2D eigenvalue weighted by Crippen LogP contribution is -2.17. The van der Waals surface area contributed by atoms with E-state index in [1.165, 1.54) is 6.33 Å². The molecule has 0 fully saturated rings. The van der Waals surface area contributed by atoms with Crippen LogP contribution in [0.15, 0.2) is 42.7 Å². The third-order valence-electron chi connectivity index (χ3n) is 2.50. The van der Waals surface area contributed by atoms with Crippen LogP contribution in [-0.2, 0) is 0 Å². The molecule has 0 amide bonds. The molecule has 0 unspecified atom stereocenters. The number of nitrogens with zero attached hydrogens (tertiary/aromatic N) is 4. The van der Waals surface area contributed by atoms with E-state index in [1.54, 1.807) is 6.07 Å². The van der Waals surface area contributed by atoms with Gasteiger partial charge in [-0.1, -0.05) is 18.2 Å². The Bertz CT molecular complexity index is 547. The number of anilines is 3. The van der Waals surface area contributed by atoms with Crippen LogP contribution in [0, 0.1) is 11.5 Å². The van der Waals surface area contributed by atoms with Crippen LogP contribution >= 0.6 is 0 Å². The third kappa shape index (κ3) is 2.55. The summed E-state index contributed by atoms with van der Waals surface area (Å²) in [7, 11) is 0. The van der Waals surface area contributed by atoms with Crippen molar-refractivity contribution in [2.75, 3.05) is 16.8 Å². The van der Waals surface area contributed by atoms with Gasteiger partial charge in [-0.25, -0.2) is 9.97 Å². The van der Waals surface area contributed by atoms with E-state index in [0.29, 0.717) is 5.82 Å². The molecule has 5 heteroatoms. The summed E-state index contributed by atoms with van der Waals surface area (Å²) in [6.07, 6.45) is 3.29. The average molecular weight is 239 g/mol. The van der Waals surface area contributed by atoms with Gasteiger partial charge in [-0.05, 0) is 19.1 Å². The average Bonchev–Trinajstić information content (AvgIpc) is 2.42. The SMILES string of the molecule is CCN(c1ccccc1)c1cc(NC#N)ncn1. The summed E-state index contributed by atoms with van der Waals surface area (Å²) >= 11 is 0. The van der Waals surface area contributed by atoms with Gasteiger partial charge in [0.05, 0.1) is 0 Å². The van der Waals surface area contributed by atoms with Gasteiger partial charge < -0.3 is 4.90 Å². The lowest BCUT2D eigenvalue weighted by atomic mass is 10.3. The molecule has 1 aromatic heterocycles. The predicted molar refractivity (Wildman–Crippen MR) is 70.4 cm³/mol. The number of hydrogen-bond donors (Lipinski definition) is 1. The normalized spacial score (nSPS) is 9.56. The summed E-state index contributed by atoms with van der Waals surface area (Å²) < 4.78 is 0. The quantitative estimate of drug-likeness (QED) is 0.656. The van der Waals surface area contributed by atoms with Gasteiger partial charge in [0, 0.05) is 18.3 Å². The van der Waals surface area contributed by atoms with Crippen LogP contribution in [0.2, 0.25) is 0 Å². The molecule has 0 aliphatic rings.